The van der Waals surface area contributed by atoms with Crippen LogP contribution in [-0.4, -0.2) is 6.04 Å². The van der Waals surface area contributed by atoms with Crippen molar-refractivity contribution in [2.24, 2.45) is 5.92 Å². The highest BCUT2D eigenvalue weighted by Gasteiger charge is 2.29. The van der Waals surface area contributed by atoms with Crippen molar-refractivity contribution < 1.29 is 0 Å². The minimum Gasteiger partial charge on any atom is -0.306 e. The van der Waals surface area contributed by atoms with Crippen LogP contribution in [-0.2, 0) is 0 Å². The van der Waals surface area contributed by atoms with Gasteiger partial charge in [0.05, 0.1) is 0 Å². The largest absolute Gasteiger partial charge is 0.306 e. The molecule has 1 unspecified atom stereocenters. The molecule has 0 saturated heterocycles. The van der Waals surface area contributed by atoms with Gasteiger partial charge in [0, 0.05) is 17.0 Å². The highest BCUT2D eigenvalue weighted by atomic mass is 32.1. The molecule has 1 aromatic heterocycles. The smallest absolute Gasteiger partial charge is 0.0445 e. The van der Waals surface area contributed by atoms with Crippen LogP contribution < -0.4 is 5.32 Å². The second-order valence-electron chi connectivity index (χ2n) is 5.69. The molecule has 94 valence electrons. The Hall–Kier alpha value is -0.340. The van der Waals surface area contributed by atoms with E-state index in [0.29, 0.717) is 6.04 Å². The zero-order chi connectivity index (χ0) is 11.5. The number of nitrogens with one attached hydrogen (secondary N) is 1. The fourth-order valence-electron chi connectivity index (χ4n) is 3.56. The molecule has 1 nitrogen and oxygen atoms in total. The second kappa shape index (κ2) is 5.53. The Morgan fingerprint density at radius 1 is 1.06 bits per heavy atom. The summed E-state index contributed by atoms with van der Waals surface area (Å²) in [6.45, 7) is 0. The first-order valence-electron chi connectivity index (χ1n) is 7.23. The third-order valence-corrected chi connectivity index (χ3v) is 5.45. The van der Waals surface area contributed by atoms with Crippen LogP contribution in [0.5, 0.6) is 0 Å². The molecule has 2 saturated carbocycles. The lowest BCUT2D eigenvalue weighted by atomic mass is 9.95. The first-order chi connectivity index (χ1) is 8.43. The van der Waals surface area contributed by atoms with Gasteiger partial charge in [0.1, 0.15) is 0 Å². The predicted molar refractivity (Wildman–Crippen MR) is 74.4 cm³/mol. The van der Waals surface area contributed by atoms with Crippen molar-refractivity contribution in [2.45, 2.75) is 63.5 Å². The topological polar surface area (TPSA) is 12.0 Å². The minimum atomic E-state index is 0.653. The van der Waals surface area contributed by atoms with E-state index < -0.39 is 0 Å². The Morgan fingerprint density at radius 2 is 1.76 bits per heavy atom. The molecule has 3 rings (SSSR count). The van der Waals surface area contributed by atoms with E-state index in [2.05, 4.69) is 22.8 Å². The van der Waals surface area contributed by atoms with Crippen molar-refractivity contribution in [3.05, 3.63) is 22.4 Å². The lowest BCUT2D eigenvalue weighted by Gasteiger charge is -2.27. The van der Waals surface area contributed by atoms with E-state index in [1.165, 1.54) is 51.4 Å². The van der Waals surface area contributed by atoms with Crippen LogP contribution in [0.1, 0.15) is 62.3 Å². The van der Waals surface area contributed by atoms with E-state index in [1.54, 1.807) is 4.88 Å². The van der Waals surface area contributed by atoms with Gasteiger partial charge in [0.2, 0.25) is 0 Å². The Balaban J connectivity index is 1.70. The number of hydrogen-bond donors (Lipinski definition) is 1. The van der Waals surface area contributed by atoms with Gasteiger partial charge in [0.25, 0.3) is 0 Å². The molecule has 1 atom stereocenters. The Bertz CT molecular complexity index is 321. The fourth-order valence-corrected chi connectivity index (χ4v) is 4.43. The molecule has 0 bridgehead atoms. The summed E-state index contributed by atoms with van der Waals surface area (Å²) in [5.74, 6) is 0.897. The molecule has 0 spiro atoms. The molecule has 2 aliphatic rings. The summed E-state index contributed by atoms with van der Waals surface area (Å²) in [5, 5.41) is 6.20. The summed E-state index contributed by atoms with van der Waals surface area (Å²) in [5.41, 5.74) is 0. The predicted octanol–water partition coefficient (Wildman–Crippen LogP) is 4.51. The van der Waals surface area contributed by atoms with Gasteiger partial charge in [-0.25, -0.2) is 0 Å². The Kier molecular flexibility index (Phi) is 3.82. The van der Waals surface area contributed by atoms with E-state index >= 15 is 0 Å². The van der Waals surface area contributed by atoms with Crippen molar-refractivity contribution in [2.75, 3.05) is 0 Å². The van der Waals surface area contributed by atoms with E-state index in [4.69, 9.17) is 0 Å². The third-order valence-electron chi connectivity index (χ3n) is 4.49. The van der Waals surface area contributed by atoms with Crippen LogP contribution >= 0.6 is 11.3 Å². The van der Waals surface area contributed by atoms with Crippen LogP contribution in [0, 0.1) is 5.92 Å². The zero-order valence-electron chi connectivity index (χ0n) is 10.5. The SMILES string of the molecule is c1csc(C(NC2CCCC2)C2CCCC2)c1. The van der Waals surface area contributed by atoms with Crippen LogP contribution in [0.15, 0.2) is 17.5 Å². The molecule has 1 heterocycles. The normalized spacial score (nSPS) is 24.5. The zero-order valence-corrected chi connectivity index (χ0v) is 11.3. The number of thiophene rings is 1. The Labute approximate surface area is 109 Å². The second-order valence-corrected chi connectivity index (χ2v) is 6.66. The molecule has 2 heteroatoms. The molecule has 1 N–H and O–H groups in total. The van der Waals surface area contributed by atoms with Crippen LogP contribution in [0.25, 0.3) is 0 Å². The molecule has 0 aromatic carbocycles. The van der Waals surface area contributed by atoms with Gasteiger partial charge in [-0.2, -0.15) is 0 Å². The summed E-state index contributed by atoms with van der Waals surface area (Å²) in [6.07, 6.45) is 11.4. The van der Waals surface area contributed by atoms with Crippen molar-refractivity contribution >= 4 is 11.3 Å². The molecular weight excluding hydrogens is 226 g/mol. The maximum atomic E-state index is 3.97. The highest BCUT2D eigenvalue weighted by Crippen LogP contribution is 2.38. The summed E-state index contributed by atoms with van der Waals surface area (Å²) >= 11 is 1.94. The Morgan fingerprint density at radius 3 is 2.41 bits per heavy atom. The first-order valence-corrected chi connectivity index (χ1v) is 8.11. The van der Waals surface area contributed by atoms with Gasteiger partial charge in [-0.15, -0.1) is 11.3 Å². The number of hydrogen-bond acceptors (Lipinski definition) is 2. The average Bonchev–Trinajstić information content (AvgIpc) is 3.09. The monoisotopic (exact) mass is 249 g/mol. The standard InChI is InChI=1S/C15H23NS/c1-2-7-12(6-1)15(14-10-5-11-17-14)16-13-8-3-4-9-13/h5,10-13,15-16H,1-4,6-9H2. The maximum Gasteiger partial charge on any atom is 0.0445 e. The average molecular weight is 249 g/mol. The minimum absolute atomic E-state index is 0.653. The molecule has 2 aliphatic carbocycles. The van der Waals surface area contributed by atoms with Gasteiger partial charge in [-0.3, -0.25) is 0 Å². The lowest BCUT2D eigenvalue weighted by molar-refractivity contribution is 0.333. The molecule has 0 aliphatic heterocycles. The first kappa shape index (κ1) is 11.7. The van der Waals surface area contributed by atoms with Gasteiger partial charge in [0.15, 0.2) is 0 Å². The summed E-state index contributed by atoms with van der Waals surface area (Å²) < 4.78 is 0. The van der Waals surface area contributed by atoms with Crippen LogP contribution in [0.4, 0.5) is 0 Å². The molecular formula is C15H23NS. The van der Waals surface area contributed by atoms with Gasteiger partial charge in [-0.1, -0.05) is 31.7 Å². The van der Waals surface area contributed by atoms with Crippen LogP contribution in [0.3, 0.4) is 0 Å². The van der Waals surface area contributed by atoms with Crippen molar-refractivity contribution in [3.8, 4) is 0 Å². The summed E-state index contributed by atoms with van der Waals surface area (Å²) in [7, 11) is 0. The van der Waals surface area contributed by atoms with Crippen molar-refractivity contribution in [1.29, 1.82) is 0 Å². The van der Waals surface area contributed by atoms with E-state index in [1.807, 2.05) is 11.3 Å². The summed E-state index contributed by atoms with van der Waals surface area (Å²) in [4.78, 5) is 1.57. The molecule has 1 aromatic rings. The maximum absolute atomic E-state index is 3.97. The molecule has 0 radical (unpaired) electrons. The molecule has 0 amide bonds. The van der Waals surface area contributed by atoms with Crippen LogP contribution in [0.2, 0.25) is 0 Å². The number of rotatable bonds is 4. The van der Waals surface area contributed by atoms with E-state index in [-0.39, 0.29) is 0 Å². The molecule has 2 fully saturated rings. The van der Waals surface area contributed by atoms with Gasteiger partial charge >= 0.3 is 0 Å². The quantitative estimate of drug-likeness (QED) is 0.827. The lowest BCUT2D eigenvalue weighted by Crippen LogP contribution is -2.34. The van der Waals surface area contributed by atoms with Crippen molar-refractivity contribution in [3.63, 3.8) is 0 Å². The van der Waals surface area contributed by atoms with E-state index in [9.17, 15) is 0 Å². The van der Waals surface area contributed by atoms with Gasteiger partial charge in [-0.05, 0) is 43.0 Å². The molecule has 17 heavy (non-hydrogen) atoms. The summed E-state index contributed by atoms with van der Waals surface area (Å²) in [6, 6.07) is 5.98. The van der Waals surface area contributed by atoms with E-state index in [0.717, 1.165) is 12.0 Å². The van der Waals surface area contributed by atoms with Crippen molar-refractivity contribution in [1.82, 2.24) is 5.32 Å². The third kappa shape index (κ3) is 2.74. The fraction of sp³-hybridized carbons (Fsp3) is 0.733. The van der Waals surface area contributed by atoms with Gasteiger partial charge < -0.3 is 5.32 Å². The highest BCUT2D eigenvalue weighted by molar-refractivity contribution is 7.10.